The zero-order valence-electron chi connectivity index (χ0n) is 10.3. The molecule has 0 fully saturated rings. The predicted octanol–water partition coefficient (Wildman–Crippen LogP) is 2.46. The highest BCUT2D eigenvalue weighted by molar-refractivity contribution is 6.11. The highest BCUT2D eigenvalue weighted by Gasteiger charge is 2.30. The lowest BCUT2D eigenvalue weighted by Crippen LogP contribution is -2.26. The zero-order valence-corrected chi connectivity index (χ0v) is 10.3. The number of aromatic hydroxyl groups is 1. The first-order chi connectivity index (χ1) is 9.13. The number of carbonyl (C=O) groups is 2. The zero-order chi connectivity index (χ0) is 13.6. The number of rotatable bonds is 1. The van der Waals surface area contributed by atoms with Crippen molar-refractivity contribution in [2.24, 2.45) is 0 Å². The molecule has 1 aliphatic heterocycles. The van der Waals surface area contributed by atoms with Crippen LogP contribution in [0.2, 0.25) is 0 Å². The van der Waals surface area contributed by atoms with Crippen molar-refractivity contribution in [2.75, 3.05) is 0 Å². The largest absolute Gasteiger partial charge is 0.507 e. The van der Waals surface area contributed by atoms with E-state index in [1.54, 1.807) is 31.2 Å². The highest BCUT2D eigenvalue weighted by Crippen LogP contribution is 2.37. The Kier molecular flexibility index (Phi) is 2.52. The summed E-state index contributed by atoms with van der Waals surface area (Å²) in [6.07, 6.45) is 0.749. The van der Waals surface area contributed by atoms with Gasteiger partial charge in [0.15, 0.2) is 6.29 Å². The van der Waals surface area contributed by atoms with E-state index in [0.29, 0.717) is 34.6 Å². The molecule has 1 aliphatic rings. The first-order valence-electron chi connectivity index (χ1n) is 6.06. The molecule has 1 atom stereocenters. The Morgan fingerprint density at radius 1 is 1.32 bits per heavy atom. The Bertz CT molecular complexity index is 703. The molecule has 0 bridgehead atoms. The molecular formula is C15H12O4. The first-order valence-corrected chi connectivity index (χ1v) is 6.06. The summed E-state index contributed by atoms with van der Waals surface area (Å²) in [5, 5.41) is 11.3. The third-order valence-electron chi connectivity index (χ3n) is 3.46. The van der Waals surface area contributed by atoms with Crippen LogP contribution in [0.3, 0.4) is 0 Å². The third kappa shape index (κ3) is 1.60. The van der Waals surface area contributed by atoms with Crippen molar-refractivity contribution < 1.29 is 19.4 Å². The first kappa shape index (κ1) is 11.7. The molecule has 0 saturated heterocycles. The molecule has 2 aromatic rings. The van der Waals surface area contributed by atoms with Gasteiger partial charge in [0.05, 0.1) is 11.1 Å². The van der Waals surface area contributed by atoms with E-state index in [0.717, 1.165) is 0 Å². The number of benzene rings is 2. The predicted molar refractivity (Wildman–Crippen MR) is 69.6 cm³/mol. The molecule has 3 rings (SSSR count). The van der Waals surface area contributed by atoms with Crippen LogP contribution in [0.4, 0.5) is 0 Å². The van der Waals surface area contributed by atoms with Gasteiger partial charge in [-0.15, -0.1) is 0 Å². The maximum atomic E-state index is 12.1. The van der Waals surface area contributed by atoms with Gasteiger partial charge in [0.2, 0.25) is 0 Å². The Hall–Kier alpha value is -2.36. The fourth-order valence-corrected chi connectivity index (χ4v) is 2.64. The maximum Gasteiger partial charge on any atom is 0.339 e. The van der Waals surface area contributed by atoms with Crippen LogP contribution in [-0.2, 0) is 11.2 Å². The van der Waals surface area contributed by atoms with E-state index < -0.39 is 5.97 Å². The molecule has 96 valence electrons. The lowest BCUT2D eigenvalue weighted by atomic mass is 9.89. The summed E-state index contributed by atoms with van der Waals surface area (Å²) in [4.78, 5) is 23.3. The van der Waals surface area contributed by atoms with E-state index in [2.05, 4.69) is 0 Å². The van der Waals surface area contributed by atoms with Gasteiger partial charge in [-0.2, -0.15) is 0 Å². The van der Waals surface area contributed by atoms with Crippen molar-refractivity contribution in [1.82, 2.24) is 0 Å². The van der Waals surface area contributed by atoms with Gasteiger partial charge in [-0.1, -0.05) is 24.3 Å². The van der Waals surface area contributed by atoms with Crippen molar-refractivity contribution in [3.05, 3.63) is 41.0 Å². The van der Waals surface area contributed by atoms with Crippen LogP contribution in [0.25, 0.3) is 10.8 Å². The maximum absolute atomic E-state index is 12.1. The van der Waals surface area contributed by atoms with Crippen molar-refractivity contribution >= 4 is 23.0 Å². The van der Waals surface area contributed by atoms with Gasteiger partial charge in [-0.05, 0) is 12.5 Å². The van der Waals surface area contributed by atoms with E-state index >= 15 is 0 Å². The van der Waals surface area contributed by atoms with Crippen molar-refractivity contribution in [3.63, 3.8) is 0 Å². The number of fused-ring (bicyclic) bond motifs is 3. The van der Waals surface area contributed by atoms with Crippen LogP contribution < -0.4 is 0 Å². The van der Waals surface area contributed by atoms with Crippen molar-refractivity contribution in [2.45, 2.75) is 19.4 Å². The van der Waals surface area contributed by atoms with Crippen LogP contribution >= 0.6 is 0 Å². The number of hydrogen-bond acceptors (Lipinski definition) is 4. The van der Waals surface area contributed by atoms with Gasteiger partial charge >= 0.3 is 5.97 Å². The average Bonchev–Trinajstić information content (AvgIpc) is 2.38. The van der Waals surface area contributed by atoms with Crippen LogP contribution in [0.15, 0.2) is 24.3 Å². The Labute approximate surface area is 109 Å². The quantitative estimate of drug-likeness (QED) is 0.628. The number of aldehydes is 1. The molecule has 0 aliphatic carbocycles. The van der Waals surface area contributed by atoms with E-state index in [1.165, 1.54) is 0 Å². The number of cyclic esters (lactones) is 1. The van der Waals surface area contributed by atoms with Gasteiger partial charge in [0, 0.05) is 17.2 Å². The lowest BCUT2D eigenvalue weighted by Gasteiger charge is -2.25. The molecule has 2 aromatic carbocycles. The number of hydrogen-bond donors (Lipinski definition) is 1. The van der Waals surface area contributed by atoms with E-state index in [4.69, 9.17) is 4.74 Å². The number of carbonyl (C=O) groups excluding carboxylic acids is 2. The van der Waals surface area contributed by atoms with Gasteiger partial charge in [0.25, 0.3) is 0 Å². The third-order valence-corrected chi connectivity index (χ3v) is 3.46. The number of phenolic OH excluding ortho intramolecular Hbond substituents is 1. The van der Waals surface area contributed by atoms with E-state index in [-0.39, 0.29) is 17.4 Å². The Balaban J connectivity index is 2.49. The molecule has 0 spiro atoms. The monoisotopic (exact) mass is 256 g/mol. The molecule has 4 nitrogen and oxygen atoms in total. The molecule has 1 heterocycles. The molecule has 19 heavy (non-hydrogen) atoms. The second-order valence-corrected chi connectivity index (χ2v) is 4.70. The molecule has 0 amide bonds. The fraction of sp³-hybridized carbons (Fsp3) is 0.200. The summed E-state index contributed by atoms with van der Waals surface area (Å²) in [7, 11) is 0. The second kappa shape index (κ2) is 4.09. The molecule has 1 N–H and O–H groups in total. The number of phenols is 1. The summed E-state index contributed by atoms with van der Waals surface area (Å²) in [5.74, 6) is -0.501. The summed E-state index contributed by atoms with van der Waals surface area (Å²) in [6.45, 7) is 1.77. The standard InChI is InChI=1S/C15H12O4/c1-8-6-11-12(7-16)14(17)10-5-3-2-4-9(10)13(11)15(18)19-8/h2-5,7-8,17H,6H2,1H3. The van der Waals surface area contributed by atoms with E-state index in [9.17, 15) is 14.7 Å². The molecule has 4 heteroatoms. The number of ether oxygens (including phenoxy) is 1. The smallest absolute Gasteiger partial charge is 0.339 e. The molecular weight excluding hydrogens is 244 g/mol. The normalized spacial score (nSPS) is 17.9. The highest BCUT2D eigenvalue weighted by atomic mass is 16.5. The summed E-state index contributed by atoms with van der Waals surface area (Å²) in [5.41, 5.74) is 1.17. The topological polar surface area (TPSA) is 63.6 Å². The number of esters is 1. The lowest BCUT2D eigenvalue weighted by molar-refractivity contribution is 0.0304. The Morgan fingerprint density at radius 3 is 2.68 bits per heavy atom. The summed E-state index contributed by atoms with van der Waals surface area (Å²) < 4.78 is 5.22. The average molecular weight is 256 g/mol. The van der Waals surface area contributed by atoms with Gasteiger partial charge in [0.1, 0.15) is 11.9 Å². The van der Waals surface area contributed by atoms with Crippen LogP contribution in [0, 0.1) is 0 Å². The van der Waals surface area contributed by atoms with Crippen molar-refractivity contribution in [1.29, 1.82) is 0 Å². The molecule has 1 unspecified atom stereocenters. The Morgan fingerprint density at radius 2 is 2.00 bits per heavy atom. The molecule has 0 aromatic heterocycles. The summed E-state index contributed by atoms with van der Waals surface area (Å²) >= 11 is 0. The van der Waals surface area contributed by atoms with Gasteiger partial charge < -0.3 is 9.84 Å². The SMILES string of the molecule is CC1Cc2c(C=O)c(O)c3ccccc3c2C(=O)O1. The van der Waals surface area contributed by atoms with Gasteiger partial charge in [-0.3, -0.25) is 4.79 Å². The minimum atomic E-state index is -0.437. The van der Waals surface area contributed by atoms with Crippen LogP contribution in [0.5, 0.6) is 5.75 Å². The second-order valence-electron chi connectivity index (χ2n) is 4.70. The van der Waals surface area contributed by atoms with E-state index in [1.807, 2.05) is 0 Å². The fourth-order valence-electron chi connectivity index (χ4n) is 2.64. The van der Waals surface area contributed by atoms with Gasteiger partial charge in [-0.25, -0.2) is 4.79 Å². The molecule has 0 saturated carbocycles. The summed E-state index contributed by atoms with van der Waals surface area (Å²) in [6, 6.07) is 6.97. The van der Waals surface area contributed by atoms with Crippen LogP contribution in [-0.4, -0.2) is 23.5 Å². The van der Waals surface area contributed by atoms with Crippen molar-refractivity contribution in [3.8, 4) is 5.75 Å². The van der Waals surface area contributed by atoms with Crippen LogP contribution in [0.1, 0.15) is 33.2 Å². The minimum absolute atomic E-state index is 0.0637. The molecule has 0 radical (unpaired) electrons. The minimum Gasteiger partial charge on any atom is -0.507 e.